The van der Waals surface area contributed by atoms with Gasteiger partial charge in [0.2, 0.25) is 5.91 Å². The van der Waals surface area contributed by atoms with E-state index in [1.54, 1.807) is 6.92 Å². The van der Waals surface area contributed by atoms with Crippen molar-refractivity contribution in [2.24, 2.45) is 11.8 Å². The molecular weight excluding hydrogens is 350 g/mol. The van der Waals surface area contributed by atoms with Crippen molar-refractivity contribution in [1.82, 2.24) is 15.1 Å². The summed E-state index contributed by atoms with van der Waals surface area (Å²) in [5.41, 5.74) is 0.0789. The monoisotopic (exact) mass is 371 g/mol. The molecule has 9 heteroatoms. The Hall–Kier alpha value is -1.32. The third kappa shape index (κ3) is 2.58. The zero-order chi connectivity index (χ0) is 17.8. The Balaban J connectivity index is 1.85. The lowest BCUT2D eigenvalue weighted by atomic mass is 9.79. The van der Waals surface area contributed by atoms with Crippen LogP contribution in [0, 0.1) is 11.8 Å². The third-order valence-corrected chi connectivity index (χ3v) is 6.83. The molecule has 24 heavy (non-hydrogen) atoms. The van der Waals surface area contributed by atoms with Crippen LogP contribution in [0.15, 0.2) is 10.6 Å². The van der Waals surface area contributed by atoms with Crippen LogP contribution in [0.1, 0.15) is 13.8 Å². The van der Waals surface area contributed by atoms with Crippen LogP contribution in [-0.4, -0.2) is 74.5 Å². The summed E-state index contributed by atoms with van der Waals surface area (Å²) in [5.74, 6) is -2.00. The Kier molecular flexibility index (Phi) is 4.52. The van der Waals surface area contributed by atoms with Crippen LogP contribution in [0.5, 0.6) is 0 Å². The van der Waals surface area contributed by atoms with Gasteiger partial charge in [0.25, 0.3) is 0 Å². The van der Waals surface area contributed by atoms with Gasteiger partial charge in [0.1, 0.15) is 5.70 Å². The Morgan fingerprint density at radius 1 is 1.50 bits per heavy atom. The van der Waals surface area contributed by atoms with Crippen molar-refractivity contribution >= 4 is 41.0 Å². The van der Waals surface area contributed by atoms with E-state index >= 15 is 0 Å². The Labute approximate surface area is 150 Å². The number of amides is 1. The second kappa shape index (κ2) is 6.20. The van der Waals surface area contributed by atoms with Crippen LogP contribution >= 0.6 is 24.0 Å². The summed E-state index contributed by atoms with van der Waals surface area (Å²) in [6.07, 6.45) is -0.777. The molecule has 0 radical (unpaired) electrons. The van der Waals surface area contributed by atoms with Crippen LogP contribution in [-0.2, 0) is 9.59 Å². The molecule has 3 N–H and O–H groups in total. The lowest BCUT2D eigenvalue weighted by Gasteiger charge is -2.46. The Bertz CT molecular complexity index is 636. The number of aliphatic hydroxyl groups is 1. The largest absolute Gasteiger partial charge is 0.477 e. The van der Waals surface area contributed by atoms with Gasteiger partial charge in [-0.1, -0.05) is 6.92 Å². The number of aliphatic carboxylic acids is 1. The van der Waals surface area contributed by atoms with Crippen molar-refractivity contribution in [3.63, 3.8) is 0 Å². The van der Waals surface area contributed by atoms with Crippen molar-refractivity contribution in [1.29, 1.82) is 0 Å². The van der Waals surface area contributed by atoms with Gasteiger partial charge >= 0.3 is 5.97 Å². The van der Waals surface area contributed by atoms with Crippen molar-refractivity contribution < 1.29 is 19.8 Å². The maximum absolute atomic E-state index is 12.3. The second-order valence-corrected chi connectivity index (χ2v) is 8.31. The quantitative estimate of drug-likeness (QED) is 0.472. The predicted octanol–water partition coefficient (Wildman–Crippen LogP) is 0.0618. The second-order valence-electron chi connectivity index (χ2n) is 6.58. The van der Waals surface area contributed by atoms with Crippen LogP contribution in [0.2, 0.25) is 0 Å². The number of fused-ring (bicyclic) bond motifs is 1. The molecule has 0 aromatic carbocycles. The van der Waals surface area contributed by atoms with Crippen LogP contribution in [0.4, 0.5) is 0 Å². The SMILES string of the molecule is C[C@@H](O)[C@H]1C(=O)N2C(C(=O)O)=C(SC3CNC(=S)N(C)C3)[C@H](C)[C@H]12. The molecule has 0 aliphatic carbocycles. The molecule has 2 fully saturated rings. The highest BCUT2D eigenvalue weighted by Crippen LogP contribution is 2.51. The van der Waals surface area contributed by atoms with E-state index in [2.05, 4.69) is 5.32 Å². The van der Waals surface area contributed by atoms with E-state index < -0.39 is 18.0 Å². The standard InChI is InChI=1S/C15H21N3O4S2/c1-6-10-9(7(2)19)13(20)18(10)11(14(21)22)12(6)24-8-4-16-15(23)17(3)5-8/h6-10,19H,4-5H2,1-3H3,(H,16,23)(H,21,22)/t6-,7-,8?,9-,10-/m1/s1. The number of carbonyl (C=O) groups is 2. The molecule has 0 saturated carbocycles. The summed E-state index contributed by atoms with van der Waals surface area (Å²) < 4.78 is 0. The minimum absolute atomic E-state index is 0.0789. The number of hydrogen-bond donors (Lipinski definition) is 3. The van der Waals surface area contributed by atoms with E-state index in [-0.39, 0.29) is 28.8 Å². The molecule has 0 spiro atoms. The average molecular weight is 371 g/mol. The van der Waals surface area contributed by atoms with E-state index in [0.29, 0.717) is 11.7 Å². The first-order valence-electron chi connectivity index (χ1n) is 7.88. The minimum atomic E-state index is -1.09. The van der Waals surface area contributed by atoms with Gasteiger partial charge in [0, 0.05) is 36.2 Å². The number of hydrogen-bond acceptors (Lipinski definition) is 5. The molecule has 3 heterocycles. The van der Waals surface area contributed by atoms with Crippen LogP contribution in [0.3, 0.4) is 0 Å². The van der Waals surface area contributed by atoms with Gasteiger partial charge in [-0.25, -0.2) is 4.79 Å². The first-order chi connectivity index (χ1) is 11.2. The third-order valence-electron chi connectivity index (χ3n) is 4.91. The highest BCUT2D eigenvalue weighted by atomic mass is 32.2. The normalized spacial score (nSPS) is 34.0. The lowest BCUT2D eigenvalue weighted by Crippen LogP contribution is -2.63. The summed E-state index contributed by atoms with van der Waals surface area (Å²) in [5, 5.41) is 23.4. The van der Waals surface area contributed by atoms with E-state index in [1.807, 2.05) is 18.9 Å². The minimum Gasteiger partial charge on any atom is -0.477 e. The number of nitrogens with one attached hydrogen (secondary N) is 1. The zero-order valence-electron chi connectivity index (χ0n) is 13.7. The maximum atomic E-state index is 12.3. The number of rotatable bonds is 4. The maximum Gasteiger partial charge on any atom is 0.353 e. The predicted molar refractivity (Wildman–Crippen MR) is 94.2 cm³/mol. The van der Waals surface area contributed by atoms with Crippen molar-refractivity contribution in [2.45, 2.75) is 31.2 Å². The lowest BCUT2D eigenvalue weighted by molar-refractivity contribution is -0.163. The molecule has 7 nitrogen and oxygen atoms in total. The molecule has 2 saturated heterocycles. The molecule has 0 aromatic heterocycles. The van der Waals surface area contributed by atoms with Crippen LogP contribution < -0.4 is 5.32 Å². The first kappa shape index (κ1) is 17.5. The fraction of sp³-hybridized carbons (Fsp3) is 0.667. The molecule has 1 unspecified atom stereocenters. The van der Waals surface area contributed by atoms with E-state index in [0.717, 1.165) is 11.4 Å². The number of carboxylic acid groups (broad SMARTS) is 1. The summed E-state index contributed by atoms with van der Waals surface area (Å²) >= 11 is 6.68. The molecule has 3 aliphatic rings. The molecule has 3 rings (SSSR count). The topological polar surface area (TPSA) is 93.1 Å². The van der Waals surface area contributed by atoms with Gasteiger partial charge in [-0.3, -0.25) is 4.79 Å². The smallest absolute Gasteiger partial charge is 0.353 e. The number of nitrogens with zero attached hydrogens (tertiary/aromatic N) is 2. The number of aliphatic hydroxyl groups excluding tert-OH is 1. The number of carboxylic acids is 1. The summed E-state index contributed by atoms with van der Waals surface area (Å²) in [4.78, 5) is 28.1. The summed E-state index contributed by atoms with van der Waals surface area (Å²) in [6, 6.07) is -0.263. The van der Waals surface area contributed by atoms with Crippen LogP contribution in [0.25, 0.3) is 0 Å². The molecule has 0 bridgehead atoms. The van der Waals surface area contributed by atoms with Crippen molar-refractivity contribution in [3.05, 3.63) is 10.6 Å². The number of thiocarbonyl (C=S) groups is 1. The molecule has 1 amide bonds. The molecular formula is C15H21N3O4S2. The summed E-state index contributed by atoms with van der Waals surface area (Å²) in [6.45, 7) is 4.90. The highest BCUT2D eigenvalue weighted by Gasteiger charge is 2.60. The van der Waals surface area contributed by atoms with Crippen molar-refractivity contribution in [2.75, 3.05) is 20.1 Å². The number of carbonyl (C=O) groups excluding carboxylic acids is 1. The van der Waals surface area contributed by atoms with Gasteiger partial charge in [0.15, 0.2) is 5.11 Å². The molecule has 3 aliphatic heterocycles. The first-order valence-corrected chi connectivity index (χ1v) is 9.17. The Morgan fingerprint density at radius 3 is 2.71 bits per heavy atom. The molecule has 132 valence electrons. The number of thioether (sulfide) groups is 1. The van der Waals surface area contributed by atoms with E-state index in [9.17, 15) is 19.8 Å². The zero-order valence-corrected chi connectivity index (χ0v) is 15.4. The highest BCUT2D eigenvalue weighted by molar-refractivity contribution is 8.03. The van der Waals surface area contributed by atoms with Crippen molar-refractivity contribution in [3.8, 4) is 0 Å². The van der Waals surface area contributed by atoms with Gasteiger partial charge in [-0.2, -0.15) is 0 Å². The molecule has 0 aromatic rings. The molecule has 5 atom stereocenters. The average Bonchev–Trinajstić information content (AvgIpc) is 2.73. The number of β-lactam (4-membered cyclic amide) rings is 1. The fourth-order valence-corrected chi connectivity index (χ4v) is 5.36. The van der Waals surface area contributed by atoms with Gasteiger partial charge in [-0.15, -0.1) is 11.8 Å². The van der Waals surface area contributed by atoms with Gasteiger partial charge < -0.3 is 25.3 Å². The van der Waals surface area contributed by atoms with Gasteiger partial charge in [-0.05, 0) is 19.1 Å². The van der Waals surface area contributed by atoms with E-state index in [1.165, 1.54) is 16.7 Å². The van der Waals surface area contributed by atoms with E-state index in [4.69, 9.17) is 12.2 Å². The van der Waals surface area contributed by atoms with Gasteiger partial charge in [0.05, 0.1) is 18.1 Å². The fourth-order valence-electron chi connectivity index (χ4n) is 3.73. The summed E-state index contributed by atoms with van der Waals surface area (Å²) in [7, 11) is 1.90. The Morgan fingerprint density at radius 2 is 2.17 bits per heavy atom.